The van der Waals surface area contributed by atoms with Crippen molar-refractivity contribution in [3.8, 4) is 17.2 Å². The van der Waals surface area contributed by atoms with Crippen molar-refractivity contribution in [3.05, 3.63) is 88.7 Å². The van der Waals surface area contributed by atoms with Gasteiger partial charge in [0.25, 0.3) is 0 Å². The van der Waals surface area contributed by atoms with Gasteiger partial charge >= 0.3 is 6.03 Å². The molecule has 10 heteroatoms. The zero-order valence-corrected chi connectivity index (χ0v) is 20.3. The van der Waals surface area contributed by atoms with E-state index >= 15 is 0 Å². The lowest BCUT2D eigenvalue weighted by atomic mass is 9.67. The van der Waals surface area contributed by atoms with E-state index in [-0.39, 0.29) is 48.3 Å². The molecule has 5 N–H and O–H groups in total. The summed E-state index contributed by atoms with van der Waals surface area (Å²) in [6, 6.07) is 14.0. The number of carbonyl (C=O) groups excluding carboxylic acids is 1. The Morgan fingerprint density at radius 2 is 1.71 bits per heavy atom. The molecule has 196 valence electrons. The van der Waals surface area contributed by atoms with Crippen molar-refractivity contribution in [3.63, 3.8) is 0 Å². The molecule has 7 nitrogen and oxygen atoms in total. The van der Waals surface area contributed by atoms with Gasteiger partial charge in [-0.2, -0.15) is 5.26 Å². The van der Waals surface area contributed by atoms with Crippen LogP contribution in [0.3, 0.4) is 0 Å². The average Bonchev–Trinajstić information content (AvgIpc) is 2.87. The molecule has 2 bridgehead atoms. The first-order valence-electron chi connectivity index (χ1n) is 12.2. The molecule has 3 aromatic carbocycles. The first kappa shape index (κ1) is 25.7. The van der Waals surface area contributed by atoms with Crippen LogP contribution in [0.25, 0.3) is 11.1 Å². The zero-order chi connectivity index (χ0) is 27.0. The molecule has 3 atom stereocenters. The second-order valence-electron chi connectivity index (χ2n) is 9.76. The number of likely N-dealkylation sites (tertiary alicyclic amines) is 1. The Hall–Kier alpha value is -3.91. The smallest absolute Gasteiger partial charge is 0.321 e. The molecule has 0 aliphatic carbocycles. The molecular weight excluding hydrogens is 495 g/mol. The number of rotatable bonds is 4. The maximum absolute atomic E-state index is 14.9. The third kappa shape index (κ3) is 4.60. The number of nitrogens with zero attached hydrogens (tertiary/aromatic N) is 2. The predicted molar refractivity (Wildman–Crippen MR) is 135 cm³/mol. The topological polar surface area (TPSA) is 114 Å². The van der Waals surface area contributed by atoms with E-state index in [4.69, 9.17) is 5.73 Å². The van der Waals surface area contributed by atoms with Crippen molar-refractivity contribution in [2.45, 2.75) is 12.1 Å². The van der Waals surface area contributed by atoms with Crippen LogP contribution in [0.5, 0.6) is 0 Å². The number of hydrogen-bond donors (Lipinski definition) is 4. The number of fused-ring (bicyclic) bond motifs is 2. The Morgan fingerprint density at radius 1 is 1.08 bits per heavy atom. The molecule has 2 amide bonds. The summed E-state index contributed by atoms with van der Waals surface area (Å²) < 4.78 is 41.9. The van der Waals surface area contributed by atoms with Gasteiger partial charge in [0.05, 0.1) is 11.6 Å². The highest BCUT2D eigenvalue weighted by molar-refractivity contribution is 5.89. The fourth-order valence-corrected chi connectivity index (χ4v) is 5.62. The quantitative estimate of drug-likeness (QED) is 0.418. The SMILES string of the molecule is N#Cc1cc(CN)cc(F)c1-c1ccc([C@]2(O)[C@@H]3CNC[C@H]2CN(C(=O)Nc2cc(F)cc(F)c2)C3)cc1. The highest BCUT2D eigenvalue weighted by atomic mass is 19.1. The van der Waals surface area contributed by atoms with Gasteiger partial charge in [-0.25, -0.2) is 18.0 Å². The van der Waals surface area contributed by atoms with Crippen LogP contribution in [-0.2, 0) is 12.1 Å². The minimum atomic E-state index is -1.26. The molecule has 2 aliphatic heterocycles. The third-order valence-electron chi connectivity index (χ3n) is 7.45. The molecule has 3 aromatic rings. The Balaban J connectivity index is 1.38. The van der Waals surface area contributed by atoms with E-state index in [2.05, 4.69) is 10.6 Å². The number of anilines is 1. The van der Waals surface area contributed by atoms with E-state index < -0.39 is 29.1 Å². The van der Waals surface area contributed by atoms with E-state index in [9.17, 15) is 28.3 Å². The van der Waals surface area contributed by atoms with Crippen molar-refractivity contribution in [2.24, 2.45) is 17.6 Å². The first-order valence-corrected chi connectivity index (χ1v) is 12.2. The van der Waals surface area contributed by atoms with Crippen LogP contribution in [0.2, 0.25) is 0 Å². The van der Waals surface area contributed by atoms with Crippen molar-refractivity contribution >= 4 is 11.7 Å². The number of piperidine rings is 2. The van der Waals surface area contributed by atoms with Crippen molar-refractivity contribution in [1.29, 1.82) is 5.26 Å². The van der Waals surface area contributed by atoms with Crippen molar-refractivity contribution in [2.75, 3.05) is 31.5 Å². The lowest BCUT2D eigenvalue weighted by Gasteiger charge is -2.53. The first-order chi connectivity index (χ1) is 18.2. The van der Waals surface area contributed by atoms with Crippen LogP contribution in [0, 0.1) is 40.6 Å². The standard InChI is InChI=1S/C28H26F3N5O2/c29-22-7-23(30)9-24(8-22)35-27(37)36-14-20-12-34-13-21(15-36)28(20,38)19-3-1-17(2-4-19)26-18(11-33)5-16(10-32)6-25(26)31/h1-9,20-21,34,38H,10,12-15,32H2,(H,35,37)/t20-,21+,28+. The number of amides is 2. The number of nitrogens with two attached hydrogens (primary N) is 1. The predicted octanol–water partition coefficient (Wildman–Crippen LogP) is 3.67. The zero-order valence-electron chi connectivity index (χ0n) is 20.3. The molecule has 2 aliphatic rings. The van der Waals surface area contributed by atoms with Crippen molar-refractivity contribution in [1.82, 2.24) is 10.2 Å². The Bertz CT molecular complexity index is 1390. The van der Waals surface area contributed by atoms with Crippen LogP contribution in [0.1, 0.15) is 16.7 Å². The summed E-state index contributed by atoms with van der Waals surface area (Å²) in [5.74, 6) is -2.88. The van der Waals surface area contributed by atoms with Gasteiger partial charge < -0.3 is 26.4 Å². The maximum Gasteiger partial charge on any atom is 0.321 e. The summed E-state index contributed by atoms with van der Waals surface area (Å²) in [7, 11) is 0. The number of benzene rings is 3. The van der Waals surface area contributed by atoms with E-state index in [1.807, 2.05) is 6.07 Å². The van der Waals surface area contributed by atoms with E-state index in [0.717, 1.165) is 18.2 Å². The fraction of sp³-hybridized carbons (Fsp3) is 0.286. The number of urea groups is 1. The second kappa shape index (κ2) is 10.1. The molecular formula is C28H26F3N5O2. The van der Waals surface area contributed by atoms with E-state index in [1.165, 1.54) is 11.0 Å². The van der Waals surface area contributed by atoms with Crippen LogP contribution in [0.15, 0.2) is 54.6 Å². The van der Waals surface area contributed by atoms with Gasteiger partial charge in [0.1, 0.15) is 23.1 Å². The van der Waals surface area contributed by atoms with Crippen LogP contribution >= 0.6 is 0 Å². The molecule has 0 aromatic heterocycles. The number of nitrogens with one attached hydrogen (secondary N) is 2. The monoisotopic (exact) mass is 521 g/mol. The van der Waals surface area contributed by atoms with Gasteiger partial charge in [0.15, 0.2) is 0 Å². The lowest BCUT2D eigenvalue weighted by molar-refractivity contribution is -0.129. The van der Waals surface area contributed by atoms with Crippen LogP contribution in [0.4, 0.5) is 23.7 Å². The molecule has 38 heavy (non-hydrogen) atoms. The fourth-order valence-electron chi connectivity index (χ4n) is 5.62. The summed E-state index contributed by atoms with van der Waals surface area (Å²) in [4.78, 5) is 14.4. The molecule has 5 rings (SSSR count). The summed E-state index contributed by atoms with van der Waals surface area (Å²) >= 11 is 0. The van der Waals surface area contributed by atoms with Crippen LogP contribution in [-0.4, -0.2) is 42.2 Å². The number of aliphatic hydroxyl groups is 1. The highest BCUT2D eigenvalue weighted by Gasteiger charge is 2.52. The largest absolute Gasteiger partial charge is 0.384 e. The molecule has 2 fully saturated rings. The molecule has 0 radical (unpaired) electrons. The molecule has 0 unspecified atom stereocenters. The normalized spacial score (nSPS) is 22.6. The van der Waals surface area contributed by atoms with Crippen molar-refractivity contribution < 1.29 is 23.1 Å². The summed E-state index contributed by atoms with van der Waals surface area (Å²) in [6.07, 6.45) is 0. The lowest BCUT2D eigenvalue weighted by Crippen LogP contribution is -2.65. The van der Waals surface area contributed by atoms with Gasteiger partial charge in [0.2, 0.25) is 0 Å². The van der Waals surface area contributed by atoms with Gasteiger partial charge in [0, 0.05) is 61.9 Å². The Morgan fingerprint density at radius 3 is 2.29 bits per heavy atom. The van der Waals surface area contributed by atoms with Gasteiger partial charge in [-0.15, -0.1) is 0 Å². The van der Waals surface area contributed by atoms with Gasteiger partial charge in [-0.3, -0.25) is 0 Å². The molecule has 0 saturated carbocycles. The summed E-state index contributed by atoms with van der Waals surface area (Å²) in [6.45, 7) is 1.42. The molecule has 2 saturated heterocycles. The average molecular weight is 522 g/mol. The summed E-state index contributed by atoms with van der Waals surface area (Å²) in [5.41, 5.74) is 6.35. The minimum Gasteiger partial charge on any atom is -0.384 e. The minimum absolute atomic E-state index is 0.00988. The highest BCUT2D eigenvalue weighted by Crippen LogP contribution is 2.44. The van der Waals surface area contributed by atoms with Gasteiger partial charge in [-0.1, -0.05) is 24.3 Å². The number of hydrogen-bond acceptors (Lipinski definition) is 5. The van der Waals surface area contributed by atoms with E-state index in [0.29, 0.717) is 29.8 Å². The maximum atomic E-state index is 14.9. The third-order valence-corrected chi connectivity index (χ3v) is 7.45. The van der Waals surface area contributed by atoms with Crippen LogP contribution < -0.4 is 16.4 Å². The second-order valence-corrected chi connectivity index (χ2v) is 9.76. The summed E-state index contributed by atoms with van der Waals surface area (Å²) in [5, 5.41) is 27.3. The van der Waals surface area contributed by atoms with Gasteiger partial charge in [-0.05, 0) is 41.0 Å². The number of halogens is 3. The Labute approximate surface area is 217 Å². The molecule has 0 spiro atoms. The van der Waals surface area contributed by atoms with E-state index in [1.54, 1.807) is 30.3 Å². The Kier molecular flexibility index (Phi) is 6.84. The number of carbonyl (C=O) groups is 1. The molecule has 2 heterocycles. The number of nitriles is 1.